The predicted octanol–water partition coefficient (Wildman–Crippen LogP) is 2.33. The molecule has 0 bridgehead atoms. The zero-order valence-corrected chi connectivity index (χ0v) is 14.2. The first-order valence-corrected chi connectivity index (χ1v) is 8.36. The van der Waals surface area contributed by atoms with Crippen molar-refractivity contribution in [3.8, 4) is 0 Å². The Morgan fingerprint density at radius 2 is 1.67 bits per heavy atom. The quantitative estimate of drug-likeness (QED) is 0.866. The zero-order chi connectivity index (χ0) is 17.7. The monoisotopic (exact) mass is 336 g/mol. The van der Waals surface area contributed by atoms with Crippen LogP contribution in [0.3, 0.4) is 0 Å². The molecule has 0 radical (unpaired) electrons. The Morgan fingerprint density at radius 1 is 1.08 bits per heavy atom. The molecule has 132 valence electrons. The van der Waals surface area contributed by atoms with Gasteiger partial charge in [0.25, 0.3) is 0 Å². The maximum Gasteiger partial charge on any atom is 0.304 e. The minimum atomic E-state index is -0.797. The number of hydrogen-bond acceptors (Lipinski definition) is 3. The lowest BCUT2D eigenvalue weighted by molar-refractivity contribution is -0.139. The highest BCUT2D eigenvalue weighted by atomic mass is 19.1. The van der Waals surface area contributed by atoms with Gasteiger partial charge in [-0.25, -0.2) is 4.39 Å². The van der Waals surface area contributed by atoms with Gasteiger partial charge in [0.1, 0.15) is 5.82 Å². The maximum atomic E-state index is 13.0. The maximum absolute atomic E-state index is 13.0. The summed E-state index contributed by atoms with van der Waals surface area (Å²) in [5.74, 6) is -0.933. The molecule has 0 saturated carbocycles. The molecule has 6 heteroatoms. The zero-order valence-electron chi connectivity index (χ0n) is 14.2. The van der Waals surface area contributed by atoms with E-state index in [9.17, 15) is 14.0 Å². The molecular weight excluding hydrogens is 311 g/mol. The van der Waals surface area contributed by atoms with Crippen LogP contribution in [-0.4, -0.2) is 59.0 Å². The molecule has 5 nitrogen and oxygen atoms in total. The van der Waals surface area contributed by atoms with Crippen molar-refractivity contribution in [2.45, 2.75) is 38.6 Å². The van der Waals surface area contributed by atoms with E-state index in [1.54, 1.807) is 12.1 Å². The molecule has 1 N–H and O–H groups in total. The van der Waals surface area contributed by atoms with E-state index in [-0.39, 0.29) is 30.1 Å². The van der Waals surface area contributed by atoms with Crippen LogP contribution >= 0.6 is 0 Å². The van der Waals surface area contributed by atoms with Crippen LogP contribution in [0.15, 0.2) is 24.3 Å². The minimum Gasteiger partial charge on any atom is -0.481 e. The molecule has 1 aliphatic heterocycles. The van der Waals surface area contributed by atoms with Gasteiger partial charge >= 0.3 is 5.97 Å². The van der Waals surface area contributed by atoms with Crippen molar-refractivity contribution in [1.82, 2.24) is 9.80 Å². The van der Waals surface area contributed by atoms with E-state index in [0.29, 0.717) is 32.6 Å². The first kappa shape index (κ1) is 18.4. The van der Waals surface area contributed by atoms with Gasteiger partial charge in [-0.2, -0.15) is 0 Å². The number of rotatable bonds is 6. The summed E-state index contributed by atoms with van der Waals surface area (Å²) in [5, 5.41) is 8.86. The van der Waals surface area contributed by atoms with Gasteiger partial charge in [0.15, 0.2) is 0 Å². The number of nitrogens with zero attached hydrogens (tertiary/aromatic N) is 2. The van der Waals surface area contributed by atoms with Gasteiger partial charge in [-0.1, -0.05) is 19.1 Å². The van der Waals surface area contributed by atoms with Crippen LogP contribution in [-0.2, 0) is 9.59 Å². The number of amides is 1. The number of piperazine rings is 1. The topological polar surface area (TPSA) is 60.9 Å². The van der Waals surface area contributed by atoms with Crippen molar-refractivity contribution in [1.29, 1.82) is 0 Å². The molecule has 24 heavy (non-hydrogen) atoms. The number of aliphatic carboxylic acids is 1. The summed E-state index contributed by atoms with van der Waals surface area (Å²) in [5.41, 5.74) is 0.957. The molecule has 1 fully saturated rings. The molecule has 0 aliphatic carbocycles. The highest BCUT2D eigenvalue weighted by Crippen LogP contribution is 2.21. The van der Waals surface area contributed by atoms with Crippen LogP contribution in [0.4, 0.5) is 4.39 Å². The van der Waals surface area contributed by atoms with E-state index in [1.807, 2.05) is 18.7 Å². The summed E-state index contributed by atoms with van der Waals surface area (Å²) in [7, 11) is 0. The van der Waals surface area contributed by atoms with Gasteiger partial charge in [0.2, 0.25) is 5.91 Å². The van der Waals surface area contributed by atoms with Crippen LogP contribution in [0.2, 0.25) is 0 Å². The van der Waals surface area contributed by atoms with Crippen molar-refractivity contribution in [3.63, 3.8) is 0 Å². The summed E-state index contributed by atoms with van der Waals surface area (Å²) in [6.45, 7) is 6.52. The third-order valence-corrected chi connectivity index (χ3v) is 4.68. The Morgan fingerprint density at radius 3 is 2.21 bits per heavy atom. The lowest BCUT2D eigenvalue weighted by atomic mass is 9.97. The Bertz CT molecular complexity index is 568. The smallest absolute Gasteiger partial charge is 0.304 e. The Hall–Kier alpha value is -1.95. The van der Waals surface area contributed by atoms with Gasteiger partial charge in [-0.05, 0) is 30.5 Å². The number of hydrogen-bond donors (Lipinski definition) is 1. The third-order valence-electron chi connectivity index (χ3n) is 4.68. The minimum absolute atomic E-state index is 0.0158. The van der Waals surface area contributed by atoms with Crippen LogP contribution in [0.25, 0.3) is 0 Å². The van der Waals surface area contributed by atoms with E-state index >= 15 is 0 Å². The standard InChI is InChI=1S/C18H25FN2O3/c1-13(15-3-5-16(19)6-4-15)11-17(22)21-9-7-20(8-10-21)14(2)12-18(23)24/h3-6,13-14H,7-12H2,1-2H3,(H,23,24). The second kappa shape index (κ2) is 8.24. The predicted molar refractivity (Wildman–Crippen MR) is 89.3 cm³/mol. The van der Waals surface area contributed by atoms with E-state index in [2.05, 4.69) is 4.90 Å². The molecule has 2 rings (SSSR count). The number of carbonyl (C=O) groups excluding carboxylic acids is 1. The highest BCUT2D eigenvalue weighted by molar-refractivity contribution is 5.77. The summed E-state index contributed by atoms with van der Waals surface area (Å²) >= 11 is 0. The molecule has 2 unspecified atom stereocenters. The fourth-order valence-electron chi connectivity index (χ4n) is 3.09. The first-order valence-electron chi connectivity index (χ1n) is 8.36. The molecule has 1 heterocycles. The summed E-state index contributed by atoms with van der Waals surface area (Å²) in [4.78, 5) is 27.2. The average Bonchev–Trinajstić information content (AvgIpc) is 2.54. The molecule has 1 aliphatic rings. The molecule has 0 aromatic heterocycles. The van der Waals surface area contributed by atoms with Crippen molar-refractivity contribution in [2.24, 2.45) is 0 Å². The van der Waals surface area contributed by atoms with Gasteiger partial charge in [0, 0.05) is 38.6 Å². The summed E-state index contributed by atoms with van der Waals surface area (Å²) in [6, 6.07) is 6.26. The fourth-order valence-corrected chi connectivity index (χ4v) is 3.09. The SMILES string of the molecule is CC(CC(=O)N1CCN(C(C)CC(=O)O)CC1)c1ccc(F)cc1. The van der Waals surface area contributed by atoms with E-state index < -0.39 is 5.97 Å². The normalized spacial score (nSPS) is 18.2. The van der Waals surface area contributed by atoms with E-state index in [4.69, 9.17) is 5.11 Å². The van der Waals surface area contributed by atoms with Gasteiger partial charge in [-0.15, -0.1) is 0 Å². The third kappa shape index (κ3) is 5.03. The Balaban J connectivity index is 1.82. The van der Waals surface area contributed by atoms with Crippen LogP contribution in [0.1, 0.15) is 38.2 Å². The fraction of sp³-hybridized carbons (Fsp3) is 0.556. The van der Waals surface area contributed by atoms with Crippen molar-refractivity contribution < 1.29 is 19.1 Å². The molecule has 1 aromatic rings. The number of carboxylic acid groups (broad SMARTS) is 1. The summed E-state index contributed by atoms with van der Waals surface area (Å²) < 4.78 is 13.0. The second-order valence-electron chi connectivity index (χ2n) is 6.52. The molecule has 1 saturated heterocycles. The second-order valence-corrected chi connectivity index (χ2v) is 6.52. The number of halogens is 1. The Labute approximate surface area is 142 Å². The van der Waals surface area contributed by atoms with E-state index in [1.165, 1.54) is 12.1 Å². The van der Waals surface area contributed by atoms with Crippen LogP contribution in [0.5, 0.6) is 0 Å². The van der Waals surface area contributed by atoms with Crippen molar-refractivity contribution in [3.05, 3.63) is 35.6 Å². The lowest BCUT2D eigenvalue weighted by Gasteiger charge is -2.38. The van der Waals surface area contributed by atoms with Crippen LogP contribution in [0, 0.1) is 5.82 Å². The van der Waals surface area contributed by atoms with Crippen molar-refractivity contribution in [2.75, 3.05) is 26.2 Å². The van der Waals surface area contributed by atoms with Gasteiger partial charge < -0.3 is 10.0 Å². The van der Waals surface area contributed by atoms with Gasteiger partial charge in [-0.3, -0.25) is 14.5 Å². The molecule has 0 spiro atoms. The first-order chi connectivity index (χ1) is 11.4. The number of carbonyl (C=O) groups is 2. The lowest BCUT2D eigenvalue weighted by Crippen LogP contribution is -2.51. The van der Waals surface area contributed by atoms with Crippen LogP contribution < -0.4 is 0 Å². The molecule has 2 atom stereocenters. The number of benzene rings is 1. The van der Waals surface area contributed by atoms with Gasteiger partial charge in [0.05, 0.1) is 6.42 Å². The largest absolute Gasteiger partial charge is 0.481 e. The molecule has 1 amide bonds. The molecular formula is C18H25FN2O3. The molecule has 1 aromatic carbocycles. The Kier molecular flexibility index (Phi) is 6.31. The highest BCUT2D eigenvalue weighted by Gasteiger charge is 2.25. The van der Waals surface area contributed by atoms with E-state index in [0.717, 1.165) is 5.56 Å². The number of carboxylic acids is 1. The van der Waals surface area contributed by atoms with Crippen molar-refractivity contribution >= 4 is 11.9 Å². The summed E-state index contributed by atoms with van der Waals surface area (Å²) in [6.07, 6.45) is 0.520. The average molecular weight is 336 g/mol.